The highest BCUT2D eigenvalue weighted by Gasteiger charge is 2.05. The van der Waals surface area contributed by atoms with E-state index in [1.54, 1.807) is 0 Å². The zero-order valence-electron chi connectivity index (χ0n) is 10.1. The van der Waals surface area contributed by atoms with Crippen molar-refractivity contribution in [1.29, 1.82) is 0 Å². The number of hydrogen-bond acceptors (Lipinski definition) is 2. The highest BCUT2D eigenvalue weighted by atomic mass is 16.5. The first-order chi connectivity index (χ1) is 7.00. The predicted molar refractivity (Wildman–Crippen MR) is 64.9 cm³/mol. The van der Waals surface area contributed by atoms with E-state index in [0.717, 1.165) is 11.3 Å². The van der Waals surface area contributed by atoms with E-state index < -0.39 is 0 Å². The van der Waals surface area contributed by atoms with E-state index in [-0.39, 0.29) is 6.10 Å². The molecule has 84 valence electrons. The fraction of sp³-hybridized carbons (Fsp3) is 0.538. The molecule has 0 heterocycles. The molecule has 0 radical (unpaired) electrons. The van der Waals surface area contributed by atoms with Crippen LogP contribution in [0, 0.1) is 0 Å². The average molecular weight is 207 g/mol. The lowest BCUT2D eigenvalue weighted by molar-refractivity contribution is 0.0657. The number of anilines is 1. The summed E-state index contributed by atoms with van der Waals surface area (Å²) in [7, 11) is 0. The molecular weight excluding hydrogens is 186 g/mol. The van der Waals surface area contributed by atoms with Crippen LogP contribution < -0.4 is 5.73 Å². The van der Waals surface area contributed by atoms with Gasteiger partial charge >= 0.3 is 0 Å². The van der Waals surface area contributed by atoms with Crippen molar-refractivity contribution in [3.8, 4) is 0 Å². The molecule has 0 aliphatic rings. The van der Waals surface area contributed by atoms with Gasteiger partial charge < -0.3 is 10.5 Å². The van der Waals surface area contributed by atoms with Crippen molar-refractivity contribution in [3.05, 3.63) is 29.3 Å². The summed E-state index contributed by atoms with van der Waals surface area (Å²) < 4.78 is 5.53. The van der Waals surface area contributed by atoms with E-state index in [1.165, 1.54) is 5.56 Å². The lowest BCUT2D eigenvalue weighted by atomic mass is 10.00. The molecular formula is C13H21NO. The van der Waals surface area contributed by atoms with Crippen molar-refractivity contribution in [1.82, 2.24) is 0 Å². The van der Waals surface area contributed by atoms with Gasteiger partial charge in [-0.1, -0.05) is 26.0 Å². The van der Waals surface area contributed by atoms with Crippen LogP contribution in [0.2, 0.25) is 0 Å². The van der Waals surface area contributed by atoms with Crippen molar-refractivity contribution >= 4 is 5.69 Å². The van der Waals surface area contributed by atoms with Gasteiger partial charge in [-0.05, 0) is 37.0 Å². The Morgan fingerprint density at radius 2 is 1.87 bits per heavy atom. The van der Waals surface area contributed by atoms with Crippen LogP contribution in [0.15, 0.2) is 18.2 Å². The Balaban J connectivity index is 2.73. The second-order valence-corrected chi connectivity index (χ2v) is 4.48. The monoisotopic (exact) mass is 207 g/mol. The fourth-order valence-electron chi connectivity index (χ4n) is 1.50. The van der Waals surface area contributed by atoms with Gasteiger partial charge in [0.15, 0.2) is 0 Å². The smallest absolute Gasteiger partial charge is 0.0721 e. The SMILES string of the molecule is CC(C)OCc1ccc(C(C)C)c(N)c1. The van der Waals surface area contributed by atoms with Gasteiger partial charge in [-0.3, -0.25) is 0 Å². The van der Waals surface area contributed by atoms with Gasteiger partial charge in [0, 0.05) is 5.69 Å². The highest BCUT2D eigenvalue weighted by Crippen LogP contribution is 2.23. The van der Waals surface area contributed by atoms with Gasteiger partial charge in [0.05, 0.1) is 12.7 Å². The molecule has 0 aliphatic carbocycles. The van der Waals surface area contributed by atoms with Crippen molar-refractivity contribution in [2.45, 2.75) is 46.3 Å². The molecule has 1 rings (SSSR count). The summed E-state index contributed by atoms with van der Waals surface area (Å²) in [6, 6.07) is 6.20. The Kier molecular flexibility index (Phi) is 4.15. The van der Waals surface area contributed by atoms with E-state index >= 15 is 0 Å². The second-order valence-electron chi connectivity index (χ2n) is 4.48. The lowest BCUT2D eigenvalue weighted by Gasteiger charge is -2.12. The molecule has 0 amide bonds. The maximum absolute atomic E-state index is 5.97. The normalized spacial score (nSPS) is 11.3. The lowest BCUT2D eigenvalue weighted by Crippen LogP contribution is -2.04. The van der Waals surface area contributed by atoms with Crippen LogP contribution in [0.1, 0.15) is 44.7 Å². The van der Waals surface area contributed by atoms with Crippen LogP contribution >= 0.6 is 0 Å². The minimum atomic E-state index is 0.260. The fourth-order valence-corrected chi connectivity index (χ4v) is 1.50. The second kappa shape index (κ2) is 5.17. The van der Waals surface area contributed by atoms with Gasteiger partial charge in [-0.25, -0.2) is 0 Å². The number of nitrogens with two attached hydrogens (primary N) is 1. The van der Waals surface area contributed by atoms with Crippen LogP contribution in [-0.2, 0) is 11.3 Å². The average Bonchev–Trinajstić information content (AvgIpc) is 2.14. The Bertz CT molecular complexity index is 318. The third kappa shape index (κ3) is 3.56. The largest absolute Gasteiger partial charge is 0.398 e. The molecule has 2 heteroatoms. The quantitative estimate of drug-likeness (QED) is 0.769. The van der Waals surface area contributed by atoms with E-state index in [9.17, 15) is 0 Å². The summed E-state index contributed by atoms with van der Waals surface area (Å²) in [5, 5.41) is 0. The first-order valence-corrected chi connectivity index (χ1v) is 5.50. The molecule has 0 fully saturated rings. The van der Waals surface area contributed by atoms with Crippen LogP contribution in [0.3, 0.4) is 0 Å². The molecule has 0 unspecified atom stereocenters. The van der Waals surface area contributed by atoms with E-state index in [0.29, 0.717) is 12.5 Å². The maximum atomic E-state index is 5.97. The summed E-state index contributed by atoms with van der Waals surface area (Å²) >= 11 is 0. The zero-order valence-corrected chi connectivity index (χ0v) is 10.1. The molecule has 0 atom stereocenters. The number of ether oxygens (including phenoxy) is 1. The van der Waals surface area contributed by atoms with Gasteiger partial charge in [0.2, 0.25) is 0 Å². The third-order valence-electron chi connectivity index (χ3n) is 2.36. The Labute approximate surface area is 92.4 Å². The van der Waals surface area contributed by atoms with Crippen LogP contribution in [-0.4, -0.2) is 6.10 Å². The topological polar surface area (TPSA) is 35.2 Å². The van der Waals surface area contributed by atoms with E-state index in [4.69, 9.17) is 10.5 Å². The van der Waals surface area contributed by atoms with Gasteiger partial charge in [-0.15, -0.1) is 0 Å². The molecule has 2 nitrogen and oxygen atoms in total. The number of benzene rings is 1. The first-order valence-electron chi connectivity index (χ1n) is 5.50. The van der Waals surface area contributed by atoms with Crippen LogP contribution in [0.4, 0.5) is 5.69 Å². The Morgan fingerprint density at radius 3 is 2.33 bits per heavy atom. The summed E-state index contributed by atoms with van der Waals surface area (Å²) in [5.74, 6) is 0.477. The molecule has 0 bridgehead atoms. The van der Waals surface area contributed by atoms with Gasteiger partial charge in [-0.2, -0.15) is 0 Å². The van der Waals surface area contributed by atoms with Crippen LogP contribution in [0.25, 0.3) is 0 Å². The van der Waals surface area contributed by atoms with Gasteiger partial charge in [0.1, 0.15) is 0 Å². The standard InChI is InChI=1S/C13H21NO/c1-9(2)12-6-5-11(7-13(12)14)8-15-10(3)4/h5-7,9-10H,8,14H2,1-4H3. The molecule has 0 saturated carbocycles. The molecule has 1 aromatic rings. The molecule has 0 aromatic heterocycles. The van der Waals surface area contributed by atoms with E-state index in [2.05, 4.69) is 26.0 Å². The molecule has 0 spiro atoms. The number of hydrogen-bond donors (Lipinski definition) is 1. The van der Waals surface area contributed by atoms with Crippen LogP contribution in [0.5, 0.6) is 0 Å². The van der Waals surface area contributed by atoms with Gasteiger partial charge in [0.25, 0.3) is 0 Å². The molecule has 0 aliphatic heterocycles. The summed E-state index contributed by atoms with van der Waals surface area (Å²) in [6.45, 7) is 9.00. The zero-order chi connectivity index (χ0) is 11.4. The molecule has 0 saturated heterocycles. The van der Waals surface area contributed by atoms with Crippen molar-refractivity contribution < 1.29 is 4.74 Å². The minimum Gasteiger partial charge on any atom is -0.398 e. The molecule has 15 heavy (non-hydrogen) atoms. The van der Waals surface area contributed by atoms with E-state index in [1.807, 2.05) is 19.9 Å². The predicted octanol–water partition coefficient (Wildman–Crippen LogP) is 3.32. The molecule has 2 N–H and O–H groups in total. The maximum Gasteiger partial charge on any atom is 0.0721 e. The summed E-state index contributed by atoms with van der Waals surface area (Å²) in [6.07, 6.45) is 0.260. The number of rotatable bonds is 4. The van der Waals surface area contributed by atoms with Crippen molar-refractivity contribution in [2.24, 2.45) is 0 Å². The Hall–Kier alpha value is -1.02. The summed E-state index contributed by atoms with van der Waals surface area (Å²) in [4.78, 5) is 0. The first kappa shape index (κ1) is 12.1. The van der Waals surface area contributed by atoms with Crippen molar-refractivity contribution in [2.75, 3.05) is 5.73 Å². The molecule has 1 aromatic carbocycles. The Morgan fingerprint density at radius 1 is 1.20 bits per heavy atom. The minimum absolute atomic E-state index is 0.260. The highest BCUT2D eigenvalue weighted by molar-refractivity contribution is 5.50. The number of nitrogen functional groups attached to an aromatic ring is 1. The summed E-state index contributed by atoms with van der Waals surface area (Å²) in [5.41, 5.74) is 9.20. The van der Waals surface area contributed by atoms with Crippen molar-refractivity contribution in [3.63, 3.8) is 0 Å². The third-order valence-corrected chi connectivity index (χ3v) is 2.36.